The third-order valence-corrected chi connectivity index (χ3v) is 3.11. The van der Waals surface area contributed by atoms with E-state index in [1.54, 1.807) is 12.1 Å². The van der Waals surface area contributed by atoms with Gasteiger partial charge in [-0.1, -0.05) is 17.7 Å². The third kappa shape index (κ3) is 3.38. The van der Waals surface area contributed by atoms with Crippen molar-refractivity contribution in [3.05, 3.63) is 28.8 Å². The van der Waals surface area contributed by atoms with E-state index in [1.165, 1.54) is 4.90 Å². The molecule has 0 aliphatic carbocycles. The predicted octanol–water partition coefficient (Wildman–Crippen LogP) is 1.97. The first-order chi connectivity index (χ1) is 9.08. The molecular weight excluding hydrogens is 268 g/mol. The Balaban J connectivity index is 1.79. The van der Waals surface area contributed by atoms with Crippen LogP contribution in [0.15, 0.2) is 18.2 Å². The molecule has 0 aromatic heterocycles. The Hall–Kier alpha value is -1.75. The number of hydrogen-bond acceptors (Lipinski definition) is 3. The monoisotopic (exact) mass is 282 g/mol. The van der Waals surface area contributed by atoms with E-state index in [9.17, 15) is 9.59 Å². The molecule has 0 saturated carbocycles. The fourth-order valence-electron chi connectivity index (χ4n) is 1.82. The molecule has 19 heavy (non-hydrogen) atoms. The Morgan fingerprint density at radius 1 is 1.42 bits per heavy atom. The number of hydrogen-bond donors (Lipinski definition) is 1. The smallest absolute Gasteiger partial charge is 0.324 e. The number of carbonyl (C=O) groups excluding carboxylic acids is 2. The van der Waals surface area contributed by atoms with Gasteiger partial charge in [-0.25, -0.2) is 4.79 Å². The van der Waals surface area contributed by atoms with Gasteiger partial charge in [0.2, 0.25) is 5.91 Å². The van der Waals surface area contributed by atoms with Crippen molar-refractivity contribution in [2.24, 2.45) is 0 Å². The molecule has 1 heterocycles. The van der Waals surface area contributed by atoms with Crippen LogP contribution < -0.4 is 10.1 Å². The lowest BCUT2D eigenvalue weighted by Crippen LogP contribution is -2.32. The maximum Gasteiger partial charge on any atom is 0.324 e. The second-order valence-electron chi connectivity index (χ2n) is 4.32. The van der Waals surface area contributed by atoms with E-state index in [4.69, 9.17) is 16.3 Å². The van der Waals surface area contributed by atoms with E-state index in [0.717, 1.165) is 11.3 Å². The molecule has 1 saturated heterocycles. The number of nitrogens with one attached hydrogen (secondary N) is 1. The van der Waals surface area contributed by atoms with Crippen molar-refractivity contribution >= 4 is 23.5 Å². The Morgan fingerprint density at radius 2 is 2.21 bits per heavy atom. The van der Waals surface area contributed by atoms with Gasteiger partial charge < -0.3 is 10.1 Å². The molecule has 1 aliphatic rings. The molecule has 5 nitrogen and oxygen atoms in total. The third-order valence-electron chi connectivity index (χ3n) is 2.87. The van der Waals surface area contributed by atoms with E-state index in [-0.39, 0.29) is 18.5 Å². The van der Waals surface area contributed by atoms with Gasteiger partial charge in [-0.15, -0.1) is 0 Å². The molecule has 1 aromatic rings. The summed E-state index contributed by atoms with van der Waals surface area (Å²) in [6.07, 6.45) is 0.588. The van der Waals surface area contributed by atoms with Crippen molar-refractivity contribution in [1.82, 2.24) is 10.2 Å². The lowest BCUT2D eigenvalue weighted by atomic mass is 10.2. The molecule has 0 unspecified atom stereocenters. The lowest BCUT2D eigenvalue weighted by Gasteiger charge is -2.13. The summed E-state index contributed by atoms with van der Waals surface area (Å²) in [7, 11) is 0. The highest BCUT2D eigenvalue weighted by Gasteiger charge is 2.27. The average Bonchev–Trinajstić information content (AvgIpc) is 2.69. The number of nitrogens with zero attached hydrogens (tertiary/aromatic N) is 1. The zero-order valence-corrected chi connectivity index (χ0v) is 11.4. The largest absolute Gasteiger partial charge is 0.493 e. The van der Waals surface area contributed by atoms with Gasteiger partial charge in [0.25, 0.3) is 0 Å². The number of aryl methyl sites for hydroxylation is 1. The fourth-order valence-corrected chi connectivity index (χ4v) is 1.98. The van der Waals surface area contributed by atoms with Crippen LogP contribution in [-0.4, -0.2) is 36.5 Å². The molecule has 3 amide bonds. The molecule has 1 aromatic carbocycles. The summed E-state index contributed by atoms with van der Waals surface area (Å²) in [5, 5.41) is 3.09. The Morgan fingerprint density at radius 3 is 2.89 bits per heavy atom. The van der Waals surface area contributed by atoms with Crippen LogP contribution in [0, 0.1) is 6.92 Å². The molecule has 6 heteroatoms. The van der Waals surface area contributed by atoms with Crippen LogP contribution >= 0.6 is 11.6 Å². The summed E-state index contributed by atoms with van der Waals surface area (Å²) in [6, 6.07) is 5.11. The first-order valence-corrected chi connectivity index (χ1v) is 6.43. The standard InChI is InChI=1S/C13H15ClN2O3/c1-9-3-4-10(14)7-11(9)19-6-2-5-16-12(17)8-15-13(16)18/h3-4,7H,2,5-6,8H2,1H3,(H,15,18). The normalized spacial score (nSPS) is 14.7. The quantitative estimate of drug-likeness (QED) is 0.663. The number of imide groups is 1. The molecule has 0 atom stereocenters. The minimum atomic E-state index is -0.330. The molecule has 0 radical (unpaired) electrons. The summed E-state index contributed by atoms with van der Waals surface area (Å²) in [6.45, 7) is 2.82. The highest BCUT2D eigenvalue weighted by atomic mass is 35.5. The number of rotatable bonds is 5. The summed E-state index contributed by atoms with van der Waals surface area (Å²) in [5.41, 5.74) is 0.999. The topological polar surface area (TPSA) is 58.6 Å². The minimum absolute atomic E-state index is 0.0904. The number of amides is 3. The molecule has 1 fully saturated rings. The van der Waals surface area contributed by atoms with Gasteiger partial charge in [-0.2, -0.15) is 0 Å². The van der Waals surface area contributed by atoms with Crippen molar-refractivity contribution in [3.8, 4) is 5.75 Å². The van der Waals surface area contributed by atoms with E-state index in [0.29, 0.717) is 24.6 Å². The molecule has 0 bridgehead atoms. The second kappa shape index (κ2) is 5.93. The van der Waals surface area contributed by atoms with Gasteiger partial charge in [0.15, 0.2) is 0 Å². The van der Waals surface area contributed by atoms with E-state index in [2.05, 4.69) is 5.32 Å². The number of halogens is 1. The van der Waals surface area contributed by atoms with E-state index in [1.807, 2.05) is 13.0 Å². The Kier molecular flexibility index (Phi) is 4.27. The number of carbonyl (C=O) groups is 2. The summed E-state index contributed by atoms with van der Waals surface area (Å²) in [4.78, 5) is 23.8. The van der Waals surface area contributed by atoms with Gasteiger partial charge >= 0.3 is 6.03 Å². The number of benzene rings is 1. The summed E-state index contributed by atoms with van der Waals surface area (Å²) in [5.74, 6) is 0.536. The van der Waals surface area contributed by atoms with Gasteiger partial charge in [0.1, 0.15) is 5.75 Å². The zero-order chi connectivity index (χ0) is 13.8. The van der Waals surface area contributed by atoms with Crippen LogP contribution in [0.2, 0.25) is 5.02 Å². The van der Waals surface area contributed by atoms with Gasteiger partial charge in [0.05, 0.1) is 13.2 Å². The Labute approximate surface area is 116 Å². The highest BCUT2D eigenvalue weighted by Crippen LogP contribution is 2.22. The van der Waals surface area contributed by atoms with Crippen molar-refractivity contribution in [2.45, 2.75) is 13.3 Å². The minimum Gasteiger partial charge on any atom is -0.493 e. The van der Waals surface area contributed by atoms with Crippen LogP contribution in [0.4, 0.5) is 4.79 Å². The predicted molar refractivity (Wildman–Crippen MR) is 71.4 cm³/mol. The van der Waals surface area contributed by atoms with Crippen molar-refractivity contribution in [2.75, 3.05) is 19.7 Å². The first kappa shape index (κ1) is 13.7. The molecule has 0 spiro atoms. The van der Waals surface area contributed by atoms with Crippen LogP contribution in [0.3, 0.4) is 0 Å². The van der Waals surface area contributed by atoms with Crippen molar-refractivity contribution in [1.29, 1.82) is 0 Å². The van der Waals surface area contributed by atoms with Crippen LogP contribution in [0.25, 0.3) is 0 Å². The van der Waals surface area contributed by atoms with Crippen molar-refractivity contribution < 1.29 is 14.3 Å². The van der Waals surface area contributed by atoms with Crippen molar-refractivity contribution in [3.63, 3.8) is 0 Å². The van der Waals surface area contributed by atoms with E-state index >= 15 is 0 Å². The molecule has 102 valence electrons. The van der Waals surface area contributed by atoms with Gasteiger partial charge in [-0.3, -0.25) is 9.69 Å². The molecule has 1 N–H and O–H groups in total. The molecular formula is C13H15ClN2O3. The Bertz CT molecular complexity index is 489. The zero-order valence-electron chi connectivity index (χ0n) is 10.6. The first-order valence-electron chi connectivity index (χ1n) is 6.05. The molecule has 2 rings (SSSR count). The van der Waals surface area contributed by atoms with Crippen LogP contribution in [-0.2, 0) is 4.79 Å². The van der Waals surface area contributed by atoms with Crippen LogP contribution in [0.5, 0.6) is 5.75 Å². The maximum absolute atomic E-state index is 11.3. The van der Waals surface area contributed by atoms with Crippen LogP contribution in [0.1, 0.15) is 12.0 Å². The van der Waals surface area contributed by atoms with Gasteiger partial charge in [0, 0.05) is 11.6 Å². The number of urea groups is 1. The SMILES string of the molecule is Cc1ccc(Cl)cc1OCCCN1C(=O)CNC1=O. The fraction of sp³-hybridized carbons (Fsp3) is 0.385. The average molecular weight is 283 g/mol. The lowest BCUT2D eigenvalue weighted by molar-refractivity contribution is -0.125. The van der Waals surface area contributed by atoms with E-state index < -0.39 is 0 Å². The highest BCUT2D eigenvalue weighted by molar-refractivity contribution is 6.30. The number of ether oxygens (including phenoxy) is 1. The summed E-state index contributed by atoms with van der Waals surface area (Å²) >= 11 is 5.89. The summed E-state index contributed by atoms with van der Waals surface area (Å²) < 4.78 is 5.59. The molecule has 1 aliphatic heterocycles. The second-order valence-corrected chi connectivity index (χ2v) is 4.75. The maximum atomic E-state index is 11.3. The van der Waals surface area contributed by atoms with Gasteiger partial charge in [-0.05, 0) is 31.0 Å².